The van der Waals surface area contributed by atoms with Gasteiger partial charge in [-0.2, -0.15) is 0 Å². The van der Waals surface area contributed by atoms with Gasteiger partial charge in [0, 0.05) is 37.7 Å². The van der Waals surface area contributed by atoms with Gasteiger partial charge >= 0.3 is 13.7 Å². The number of carbonyl (C=O) groups is 1. The summed E-state index contributed by atoms with van der Waals surface area (Å²) >= 11 is 0. The molecule has 1 amide bonds. The highest BCUT2D eigenvalue weighted by atomic mass is 31.2. The van der Waals surface area contributed by atoms with E-state index in [1.165, 1.54) is 16.5 Å². The minimum Gasteiger partial charge on any atom is -0.441 e. The minimum absolute atomic E-state index is 0.0963. The van der Waals surface area contributed by atoms with E-state index >= 15 is 4.39 Å². The van der Waals surface area contributed by atoms with E-state index in [-0.39, 0.29) is 13.2 Å². The van der Waals surface area contributed by atoms with Gasteiger partial charge in [-0.3, -0.25) is 9.46 Å². The molecule has 0 aliphatic carbocycles. The lowest BCUT2D eigenvalue weighted by Gasteiger charge is -2.15. The standard InChI is InChI=1S/C22H22FN4O5P/c1-33(29,30)31-13-18-12-27(22(28)32-18)17-4-5-19(20(23)9-17)14-2-3-15-10-26(11-16(15)8-14)21-24-6-7-25-21/h2-9,18H,10-13H2,1H3,(H,24,25)(H,29,30)/t18-/m1/s1. The number of benzene rings is 2. The summed E-state index contributed by atoms with van der Waals surface area (Å²) in [5.41, 5.74) is 3.79. The Kier molecular flexibility index (Phi) is 5.44. The molecule has 2 aliphatic heterocycles. The molecule has 5 rings (SSSR count). The molecule has 0 radical (unpaired) electrons. The number of cyclic esters (lactones) is 1. The highest BCUT2D eigenvalue weighted by molar-refractivity contribution is 7.51. The van der Waals surface area contributed by atoms with E-state index < -0.39 is 25.6 Å². The van der Waals surface area contributed by atoms with Crippen molar-refractivity contribution < 1.29 is 27.9 Å². The average Bonchev–Trinajstić information content (AvgIpc) is 3.50. The molecule has 2 atom stereocenters. The molecule has 3 aromatic rings. The minimum atomic E-state index is -3.68. The molecule has 0 saturated carbocycles. The molecular weight excluding hydrogens is 450 g/mol. The molecule has 1 saturated heterocycles. The summed E-state index contributed by atoms with van der Waals surface area (Å²) in [6, 6.07) is 10.4. The van der Waals surface area contributed by atoms with Crippen molar-refractivity contribution >= 4 is 25.3 Å². The van der Waals surface area contributed by atoms with E-state index in [2.05, 4.69) is 14.9 Å². The van der Waals surface area contributed by atoms with Crippen molar-refractivity contribution in [1.29, 1.82) is 0 Å². The topological polar surface area (TPSA) is 108 Å². The van der Waals surface area contributed by atoms with Gasteiger partial charge < -0.3 is 24.0 Å². The number of anilines is 2. The largest absolute Gasteiger partial charge is 0.441 e. The van der Waals surface area contributed by atoms with Crippen molar-refractivity contribution in [2.24, 2.45) is 0 Å². The predicted octanol–water partition coefficient (Wildman–Crippen LogP) is 3.89. The Balaban J connectivity index is 1.32. The van der Waals surface area contributed by atoms with E-state index in [0.717, 1.165) is 30.3 Å². The Morgan fingerprint density at radius 1 is 1.27 bits per heavy atom. The van der Waals surface area contributed by atoms with Gasteiger partial charge in [0.05, 0.1) is 18.8 Å². The van der Waals surface area contributed by atoms with Crippen LogP contribution in [0.5, 0.6) is 0 Å². The summed E-state index contributed by atoms with van der Waals surface area (Å²) in [5, 5.41) is 0. The second kappa shape index (κ2) is 8.30. The van der Waals surface area contributed by atoms with Crippen LogP contribution in [0.1, 0.15) is 11.1 Å². The van der Waals surface area contributed by atoms with Crippen LogP contribution in [0.3, 0.4) is 0 Å². The number of fused-ring (bicyclic) bond motifs is 1. The van der Waals surface area contributed by atoms with Gasteiger partial charge in [-0.05, 0) is 41.0 Å². The zero-order valence-corrected chi connectivity index (χ0v) is 18.7. The molecule has 0 bridgehead atoms. The molecule has 2 aromatic carbocycles. The van der Waals surface area contributed by atoms with Crippen LogP contribution >= 0.6 is 7.60 Å². The normalized spacial score (nSPS) is 19.5. The Hall–Kier alpha value is -3.20. The maximum absolute atomic E-state index is 15.1. The zero-order valence-electron chi connectivity index (χ0n) is 17.8. The van der Waals surface area contributed by atoms with Crippen molar-refractivity contribution in [3.05, 3.63) is 65.7 Å². The molecular formula is C22H22FN4O5P. The number of amides is 1. The van der Waals surface area contributed by atoms with Gasteiger partial charge in [-0.25, -0.2) is 14.2 Å². The van der Waals surface area contributed by atoms with Crippen molar-refractivity contribution in [3.8, 4) is 11.1 Å². The monoisotopic (exact) mass is 472 g/mol. The SMILES string of the molecule is CP(=O)(O)OC[C@H]1CN(c2ccc(-c3ccc4c(c3)CN(c3ncc[nH]3)C4)c(F)c2)C(=O)O1. The molecule has 33 heavy (non-hydrogen) atoms. The summed E-state index contributed by atoms with van der Waals surface area (Å²) in [6.45, 7) is 2.35. The number of aromatic nitrogens is 2. The lowest BCUT2D eigenvalue weighted by molar-refractivity contribution is 0.100. The summed E-state index contributed by atoms with van der Waals surface area (Å²) in [4.78, 5) is 32.2. The van der Waals surface area contributed by atoms with Gasteiger partial charge in [-0.15, -0.1) is 0 Å². The highest BCUT2D eigenvalue weighted by Crippen LogP contribution is 2.37. The van der Waals surface area contributed by atoms with Gasteiger partial charge in [0.25, 0.3) is 0 Å². The second-order valence-corrected chi connectivity index (χ2v) is 10.00. The predicted molar refractivity (Wildman–Crippen MR) is 120 cm³/mol. The molecule has 9 nitrogen and oxygen atoms in total. The first kappa shape index (κ1) is 21.6. The van der Waals surface area contributed by atoms with Crippen LogP contribution in [0.25, 0.3) is 11.1 Å². The number of hydrogen-bond acceptors (Lipinski definition) is 6. The number of nitrogens with zero attached hydrogens (tertiary/aromatic N) is 3. The summed E-state index contributed by atoms with van der Waals surface area (Å²) < 4.78 is 36.4. The average molecular weight is 472 g/mol. The van der Waals surface area contributed by atoms with Crippen LogP contribution in [0.2, 0.25) is 0 Å². The third-order valence-electron chi connectivity index (χ3n) is 5.66. The number of carbonyl (C=O) groups excluding carboxylic acids is 1. The number of hydrogen-bond donors (Lipinski definition) is 2. The molecule has 3 heterocycles. The van der Waals surface area contributed by atoms with E-state index in [4.69, 9.17) is 9.26 Å². The van der Waals surface area contributed by atoms with Crippen molar-refractivity contribution in [2.45, 2.75) is 19.2 Å². The van der Waals surface area contributed by atoms with Gasteiger partial charge in [0.1, 0.15) is 11.9 Å². The lowest BCUT2D eigenvalue weighted by atomic mass is 10.00. The van der Waals surface area contributed by atoms with Crippen LogP contribution in [0.15, 0.2) is 48.8 Å². The second-order valence-electron chi connectivity index (χ2n) is 8.13. The van der Waals surface area contributed by atoms with Crippen LogP contribution in [-0.4, -0.2) is 46.9 Å². The summed E-state index contributed by atoms with van der Waals surface area (Å²) in [7, 11) is -3.68. The Bertz CT molecular complexity index is 1250. The van der Waals surface area contributed by atoms with Crippen LogP contribution in [0, 0.1) is 5.82 Å². The zero-order chi connectivity index (χ0) is 23.2. The molecule has 2 aliphatic rings. The van der Waals surface area contributed by atoms with Crippen LogP contribution in [0.4, 0.5) is 20.8 Å². The van der Waals surface area contributed by atoms with Gasteiger partial charge in [0.2, 0.25) is 5.95 Å². The molecule has 1 fully saturated rings. The van der Waals surface area contributed by atoms with E-state index in [9.17, 15) is 14.3 Å². The Morgan fingerprint density at radius 3 is 2.82 bits per heavy atom. The van der Waals surface area contributed by atoms with E-state index in [1.54, 1.807) is 24.5 Å². The molecule has 172 valence electrons. The van der Waals surface area contributed by atoms with Crippen LogP contribution in [-0.2, 0) is 26.9 Å². The fraction of sp³-hybridized carbons (Fsp3) is 0.273. The van der Waals surface area contributed by atoms with Crippen molar-refractivity contribution in [3.63, 3.8) is 0 Å². The Morgan fingerprint density at radius 2 is 2.09 bits per heavy atom. The Labute approximate surface area is 189 Å². The third kappa shape index (κ3) is 4.50. The first-order valence-corrected chi connectivity index (χ1v) is 12.4. The van der Waals surface area contributed by atoms with Gasteiger partial charge in [-0.1, -0.05) is 12.1 Å². The smallest absolute Gasteiger partial charge is 0.414 e. The number of ether oxygens (including phenoxy) is 1. The highest BCUT2D eigenvalue weighted by Gasteiger charge is 2.34. The number of H-pyrrole nitrogens is 1. The van der Waals surface area contributed by atoms with Crippen LogP contribution < -0.4 is 9.80 Å². The number of halogens is 1. The quantitative estimate of drug-likeness (QED) is 0.524. The fourth-order valence-corrected chi connectivity index (χ4v) is 4.53. The molecule has 2 N–H and O–H groups in total. The first-order valence-electron chi connectivity index (χ1n) is 10.4. The van der Waals surface area contributed by atoms with E-state index in [1.807, 2.05) is 18.2 Å². The van der Waals surface area contributed by atoms with E-state index in [0.29, 0.717) is 17.8 Å². The summed E-state index contributed by atoms with van der Waals surface area (Å²) in [5.74, 6) is 0.333. The maximum atomic E-state index is 15.1. The third-order valence-corrected chi connectivity index (χ3v) is 6.29. The molecule has 11 heteroatoms. The maximum Gasteiger partial charge on any atom is 0.414 e. The van der Waals surface area contributed by atoms with Gasteiger partial charge in [0.15, 0.2) is 0 Å². The lowest BCUT2D eigenvalue weighted by Crippen LogP contribution is -2.25. The summed E-state index contributed by atoms with van der Waals surface area (Å²) in [6.07, 6.45) is 2.12. The first-order chi connectivity index (χ1) is 15.8. The molecule has 1 aromatic heterocycles. The van der Waals surface area contributed by atoms with Crippen molar-refractivity contribution in [2.75, 3.05) is 29.6 Å². The number of imidazole rings is 1. The number of aromatic amines is 1. The number of rotatable bonds is 6. The fourth-order valence-electron chi connectivity index (χ4n) is 4.09. The molecule has 1 unspecified atom stereocenters. The number of nitrogens with one attached hydrogen (secondary N) is 1. The molecule has 0 spiro atoms. The van der Waals surface area contributed by atoms with Crippen molar-refractivity contribution in [1.82, 2.24) is 9.97 Å².